The lowest BCUT2D eigenvalue weighted by Gasteiger charge is -2.35. The zero-order valence-corrected chi connectivity index (χ0v) is 19.4. The van der Waals surface area contributed by atoms with Crippen LogP contribution in [0.2, 0.25) is 0 Å². The Balaban J connectivity index is 1.27. The van der Waals surface area contributed by atoms with E-state index in [1.165, 1.54) is 18.4 Å². The normalized spacial score (nSPS) is 16.2. The Morgan fingerprint density at radius 2 is 1.85 bits per heavy atom. The van der Waals surface area contributed by atoms with Gasteiger partial charge in [-0.3, -0.25) is 9.69 Å². The van der Waals surface area contributed by atoms with Crippen LogP contribution in [-0.4, -0.2) is 36.0 Å². The van der Waals surface area contributed by atoms with Crippen molar-refractivity contribution in [2.45, 2.75) is 38.4 Å². The maximum Gasteiger partial charge on any atom is 0.319 e. The Morgan fingerprint density at radius 3 is 2.67 bits per heavy atom. The van der Waals surface area contributed by atoms with Crippen molar-refractivity contribution in [3.8, 4) is 0 Å². The van der Waals surface area contributed by atoms with Gasteiger partial charge in [-0.15, -0.1) is 11.3 Å². The van der Waals surface area contributed by atoms with Crippen molar-refractivity contribution in [2.24, 2.45) is 0 Å². The van der Waals surface area contributed by atoms with E-state index >= 15 is 0 Å². The average Bonchev–Trinajstić information content (AvgIpc) is 3.37. The molecule has 1 unspecified atom stereocenters. The van der Waals surface area contributed by atoms with E-state index in [4.69, 9.17) is 0 Å². The lowest BCUT2D eigenvalue weighted by molar-refractivity contribution is 0.0951. The average molecular weight is 463 g/mol. The summed E-state index contributed by atoms with van der Waals surface area (Å²) in [6.45, 7) is 3.04. The SMILES string of the molecule is O=C(NCC1CCCCN1Cc1ccccc1)Nc1cccc(C(=O)NCc2cccs2)c1. The molecule has 3 N–H and O–H groups in total. The van der Waals surface area contributed by atoms with Crippen molar-refractivity contribution >= 4 is 29.0 Å². The number of carbonyl (C=O) groups excluding carboxylic acids is 2. The van der Waals surface area contributed by atoms with Crippen molar-refractivity contribution in [3.63, 3.8) is 0 Å². The molecule has 1 aliphatic rings. The Kier molecular flexibility index (Phi) is 8.11. The summed E-state index contributed by atoms with van der Waals surface area (Å²) in [6.07, 6.45) is 3.45. The van der Waals surface area contributed by atoms with Crippen molar-refractivity contribution < 1.29 is 9.59 Å². The fourth-order valence-electron chi connectivity index (χ4n) is 4.12. The molecule has 3 amide bonds. The van der Waals surface area contributed by atoms with Crippen molar-refractivity contribution in [2.75, 3.05) is 18.4 Å². The van der Waals surface area contributed by atoms with E-state index in [9.17, 15) is 9.59 Å². The van der Waals surface area contributed by atoms with Crippen molar-refractivity contribution in [3.05, 3.63) is 88.1 Å². The van der Waals surface area contributed by atoms with Gasteiger partial charge in [-0.25, -0.2) is 4.79 Å². The molecule has 1 fully saturated rings. The molecule has 7 heteroatoms. The molecule has 33 heavy (non-hydrogen) atoms. The number of carbonyl (C=O) groups is 2. The highest BCUT2D eigenvalue weighted by Crippen LogP contribution is 2.19. The van der Waals surface area contributed by atoms with Crippen molar-refractivity contribution in [1.82, 2.24) is 15.5 Å². The minimum Gasteiger partial charge on any atom is -0.347 e. The monoisotopic (exact) mass is 462 g/mol. The lowest BCUT2D eigenvalue weighted by atomic mass is 10.0. The van der Waals surface area contributed by atoms with E-state index in [1.54, 1.807) is 35.6 Å². The first kappa shape index (κ1) is 23.0. The smallest absolute Gasteiger partial charge is 0.319 e. The molecule has 0 aliphatic carbocycles. The quantitative estimate of drug-likeness (QED) is 0.448. The molecule has 4 rings (SSSR count). The first-order chi connectivity index (χ1) is 16.2. The van der Waals surface area contributed by atoms with E-state index in [1.807, 2.05) is 23.6 Å². The topological polar surface area (TPSA) is 73.5 Å². The Bertz CT molecular complexity index is 1040. The standard InChI is InChI=1S/C26H30N4O2S/c31-25(27-18-24-13-7-15-33-24)21-10-6-11-22(16-21)29-26(32)28-17-23-12-4-5-14-30(23)19-20-8-2-1-3-9-20/h1-3,6-11,13,15-16,23H,4-5,12,14,17-19H2,(H,27,31)(H2,28,29,32). The summed E-state index contributed by atoms with van der Waals surface area (Å²) in [4.78, 5) is 28.6. The van der Waals surface area contributed by atoms with Gasteiger partial charge in [0.05, 0.1) is 6.54 Å². The number of thiophene rings is 1. The molecule has 2 heterocycles. The van der Waals surface area contributed by atoms with Crippen LogP contribution in [0.25, 0.3) is 0 Å². The minimum atomic E-state index is -0.253. The van der Waals surface area contributed by atoms with Gasteiger partial charge in [0.15, 0.2) is 0 Å². The zero-order valence-electron chi connectivity index (χ0n) is 18.6. The molecular weight excluding hydrogens is 432 g/mol. The number of hydrogen-bond donors (Lipinski definition) is 3. The van der Waals surface area contributed by atoms with Crippen LogP contribution in [0.5, 0.6) is 0 Å². The summed E-state index contributed by atoms with van der Waals surface area (Å²) in [5, 5.41) is 10.8. The third-order valence-electron chi connectivity index (χ3n) is 5.86. The van der Waals surface area contributed by atoms with E-state index < -0.39 is 0 Å². The number of piperidine rings is 1. The summed E-state index contributed by atoms with van der Waals surface area (Å²) in [5.41, 5.74) is 2.41. The highest BCUT2D eigenvalue weighted by Gasteiger charge is 2.23. The summed E-state index contributed by atoms with van der Waals surface area (Å²) < 4.78 is 0. The highest BCUT2D eigenvalue weighted by molar-refractivity contribution is 7.09. The molecule has 0 spiro atoms. The number of nitrogens with zero attached hydrogens (tertiary/aromatic N) is 1. The fourth-order valence-corrected chi connectivity index (χ4v) is 4.77. The molecule has 1 aliphatic heterocycles. The molecule has 6 nitrogen and oxygen atoms in total. The second-order valence-corrected chi connectivity index (χ2v) is 9.32. The second-order valence-electron chi connectivity index (χ2n) is 8.28. The van der Waals surface area contributed by atoms with Crippen molar-refractivity contribution in [1.29, 1.82) is 0 Å². The number of urea groups is 1. The molecule has 0 bridgehead atoms. The summed E-state index contributed by atoms with van der Waals surface area (Å²) >= 11 is 1.61. The summed E-state index contributed by atoms with van der Waals surface area (Å²) in [5.74, 6) is -0.161. The van der Waals surface area contributed by atoms with Gasteiger partial charge in [-0.05, 0) is 54.6 Å². The largest absolute Gasteiger partial charge is 0.347 e. The predicted octanol–water partition coefficient (Wildman–Crippen LogP) is 4.85. The summed E-state index contributed by atoms with van der Waals surface area (Å²) in [7, 11) is 0. The molecule has 172 valence electrons. The first-order valence-electron chi connectivity index (χ1n) is 11.4. The van der Waals surface area contributed by atoms with Gasteiger partial charge in [0.1, 0.15) is 0 Å². The molecular formula is C26H30N4O2S. The first-order valence-corrected chi connectivity index (χ1v) is 12.3. The molecule has 0 radical (unpaired) electrons. The van der Waals surface area contributed by atoms with Gasteiger partial charge >= 0.3 is 6.03 Å². The number of hydrogen-bond acceptors (Lipinski definition) is 4. The lowest BCUT2D eigenvalue weighted by Crippen LogP contribution is -2.47. The summed E-state index contributed by atoms with van der Waals surface area (Å²) in [6, 6.07) is 21.5. The minimum absolute atomic E-state index is 0.161. The maximum absolute atomic E-state index is 12.5. The highest BCUT2D eigenvalue weighted by atomic mass is 32.1. The third-order valence-corrected chi connectivity index (χ3v) is 6.74. The number of amides is 3. The number of anilines is 1. The molecule has 0 saturated carbocycles. The van der Waals surface area contributed by atoms with Crippen LogP contribution < -0.4 is 16.0 Å². The van der Waals surface area contributed by atoms with Crippen LogP contribution >= 0.6 is 11.3 Å². The maximum atomic E-state index is 12.5. The molecule has 1 aromatic heterocycles. The van der Waals surface area contributed by atoms with Gasteiger partial charge in [-0.1, -0.05) is 48.9 Å². The number of benzene rings is 2. The third kappa shape index (κ3) is 6.91. The number of rotatable bonds is 8. The molecule has 1 atom stereocenters. The van der Waals surface area contributed by atoms with E-state index in [0.29, 0.717) is 30.4 Å². The van der Waals surface area contributed by atoms with Crippen LogP contribution in [0.1, 0.15) is 40.1 Å². The van der Waals surface area contributed by atoms with E-state index in [2.05, 4.69) is 45.1 Å². The molecule has 3 aromatic rings. The molecule has 2 aromatic carbocycles. The predicted molar refractivity (Wildman–Crippen MR) is 133 cm³/mol. The Morgan fingerprint density at radius 1 is 0.970 bits per heavy atom. The second kappa shape index (κ2) is 11.6. The van der Waals surface area contributed by atoms with Gasteiger partial charge in [0, 0.05) is 35.3 Å². The van der Waals surface area contributed by atoms with Crippen LogP contribution in [0, 0.1) is 0 Å². The Labute approximate surface area is 199 Å². The van der Waals surface area contributed by atoms with Gasteiger partial charge in [-0.2, -0.15) is 0 Å². The van der Waals surface area contributed by atoms with Gasteiger partial charge in [0.25, 0.3) is 5.91 Å². The van der Waals surface area contributed by atoms with Crippen LogP contribution in [-0.2, 0) is 13.1 Å². The fraction of sp³-hybridized carbons (Fsp3) is 0.308. The van der Waals surface area contributed by atoms with Crippen LogP contribution in [0.4, 0.5) is 10.5 Å². The number of likely N-dealkylation sites (tertiary alicyclic amines) is 1. The zero-order chi connectivity index (χ0) is 22.9. The molecule has 1 saturated heterocycles. The van der Waals surface area contributed by atoms with E-state index in [-0.39, 0.29) is 11.9 Å². The van der Waals surface area contributed by atoms with E-state index in [0.717, 1.165) is 24.4 Å². The Hall–Kier alpha value is -3.16. The van der Waals surface area contributed by atoms with Gasteiger partial charge in [0.2, 0.25) is 0 Å². The number of nitrogens with one attached hydrogen (secondary N) is 3. The van der Waals surface area contributed by atoms with Crippen LogP contribution in [0.15, 0.2) is 72.1 Å². The van der Waals surface area contributed by atoms with Gasteiger partial charge < -0.3 is 16.0 Å². The van der Waals surface area contributed by atoms with Crippen LogP contribution in [0.3, 0.4) is 0 Å².